The summed E-state index contributed by atoms with van der Waals surface area (Å²) in [7, 11) is 0. The van der Waals surface area contributed by atoms with Crippen LogP contribution in [0.1, 0.15) is 15.9 Å². The molecule has 164 valence electrons. The number of anilines is 1. The summed E-state index contributed by atoms with van der Waals surface area (Å²) in [6.45, 7) is 3.13. The number of rotatable bonds is 7. The molecule has 0 saturated carbocycles. The molecule has 9 nitrogen and oxygen atoms in total. The molecule has 2 N–H and O–H groups in total. The zero-order valence-electron chi connectivity index (χ0n) is 17.4. The number of amides is 1. The van der Waals surface area contributed by atoms with Crippen LogP contribution in [0.25, 0.3) is 11.4 Å². The van der Waals surface area contributed by atoms with Gasteiger partial charge in [-0.25, -0.2) is 4.39 Å². The Kier molecular flexibility index (Phi) is 6.31. The van der Waals surface area contributed by atoms with E-state index >= 15 is 0 Å². The fourth-order valence-corrected chi connectivity index (χ4v) is 3.42. The van der Waals surface area contributed by atoms with Crippen LogP contribution >= 0.6 is 0 Å². The van der Waals surface area contributed by atoms with Gasteiger partial charge in [0.1, 0.15) is 11.5 Å². The van der Waals surface area contributed by atoms with E-state index in [1.165, 1.54) is 12.3 Å². The van der Waals surface area contributed by atoms with E-state index in [2.05, 4.69) is 20.6 Å². The van der Waals surface area contributed by atoms with Gasteiger partial charge in [-0.1, -0.05) is 11.6 Å². The van der Waals surface area contributed by atoms with Crippen LogP contribution in [0, 0.1) is 18.2 Å². The summed E-state index contributed by atoms with van der Waals surface area (Å²) in [5.74, 6) is -0.591. The number of benzene rings is 1. The molecule has 0 bridgehead atoms. The molecule has 1 fully saturated rings. The van der Waals surface area contributed by atoms with Crippen molar-refractivity contribution in [3.8, 4) is 11.4 Å². The number of nitrogens with zero attached hydrogens (tertiary/aromatic N) is 5. The van der Waals surface area contributed by atoms with Gasteiger partial charge in [0.15, 0.2) is 6.23 Å². The Morgan fingerprint density at radius 2 is 2.22 bits per heavy atom. The van der Waals surface area contributed by atoms with Gasteiger partial charge in [0, 0.05) is 19.0 Å². The topological polar surface area (TPSA) is 108 Å². The number of hydrazone groups is 1. The van der Waals surface area contributed by atoms with Crippen LogP contribution in [-0.2, 0) is 11.3 Å². The molecule has 1 aromatic carbocycles. The van der Waals surface area contributed by atoms with Crippen molar-refractivity contribution in [3.63, 3.8) is 0 Å². The zero-order chi connectivity index (χ0) is 22.5. The number of aromatic nitrogens is 3. The second-order valence-corrected chi connectivity index (χ2v) is 7.21. The molecular weight excluding hydrogens is 413 g/mol. The summed E-state index contributed by atoms with van der Waals surface area (Å²) in [6.07, 6.45) is 4.77. The molecule has 1 unspecified atom stereocenters. The van der Waals surface area contributed by atoms with Crippen LogP contribution in [0.2, 0.25) is 0 Å². The van der Waals surface area contributed by atoms with Crippen molar-refractivity contribution in [1.82, 2.24) is 19.7 Å². The SMILES string of the molecule is Cc1ccc(N/N=C\C=N)c(C(=O)N2CCOC2Cn2ccc(-c3ccc(F)cn3)n2)c1. The van der Waals surface area contributed by atoms with Crippen molar-refractivity contribution in [1.29, 1.82) is 5.41 Å². The van der Waals surface area contributed by atoms with Gasteiger partial charge in [-0.3, -0.25) is 19.9 Å². The first kappa shape index (κ1) is 21.3. The van der Waals surface area contributed by atoms with Gasteiger partial charge in [-0.2, -0.15) is 10.2 Å². The van der Waals surface area contributed by atoms with Gasteiger partial charge in [0.25, 0.3) is 5.91 Å². The van der Waals surface area contributed by atoms with Gasteiger partial charge < -0.3 is 15.0 Å². The second kappa shape index (κ2) is 9.48. The molecule has 0 aliphatic carbocycles. The monoisotopic (exact) mass is 435 g/mol. The normalized spacial score (nSPS) is 15.9. The van der Waals surface area contributed by atoms with Crippen molar-refractivity contribution in [2.45, 2.75) is 19.7 Å². The van der Waals surface area contributed by atoms with Crippen LogP contribution < -0.4 is 5.43 Å². The quantitative estimate of drug-likeness (QED) is 0.438. The molecule has 10 heteroatoms. The summed E-state index contributed by atoms with van der Waals surface area (Å²) in [4.78, 5) is 19.1. The second-order valence-electron chi connectivity index (χ2n) is 7.21. The van der Waals surface area contributed by atoms with Gasteiger partial charge in [-0.15, -0.1) is 0 Å². The van der Waals surface area contributed by atoms with E-state index in [0.717, 1.165) is 18.0 Å². The average molecular weight is 435 g/mol. The standard InChI is InChI=1S/C22H22FN7O2/c1-15-2-4-18(27-26-8-7-24)17(12-15)22(31)30-10-11-32-21(30)14-29-9-6-20(28-29)19-5-3-16(23)13-25-19/h2-9,12-13,21,24,27H,10-11,14H2,1H3/b24-7?,26-8-. The summed E-state index contributed by atoms with van der Waals surface area (Å²) in [6, 6.07) is 10.1. The first-order chi connectivity index (χ1) is 15.5. The number of carbonyl (C=O) groups is 1. The minimum absolute atomic E-state index is 0.184. The fourth-order valence-electron chi connectivity index (χ4n) is 3.42. The van der Waals surface area contributed by atoms with Gasteiger partial charge in [0.05, 0.1) is 42.5 Å². The van der Waals surface area contributed by atoms with E-state index in [1.54, 1.807) is 40.0 Å². The van der Waals surface area contributed by atoms with E-state index in [4.69, 9.17) is 10.1 Å². The molecule has 0 radical (unpaired) electrons. The predicted octanol–water partition coefficient (Wildman–Crippen LogP) is 2.94. The van der Waals surface area contributed by atoms with Crippen molar-refractivity contribution in [2.24, 2.45) is 5.10 Å². The molecular formula is C22H22FN7O2. The van der Waals surface area contributed by atoms with Crippen molar-refractivity contribution in [2.75, 3.05) is 18.6 Å². The molecule has 1 saturated heterocycles. The molecule has 4 rings (SSSR count). The van der Waals surface area contributed by atoms with Crippen molar-refractivity contribution < 1.29 is 13.9 Å². The van der Waals surface area contributed by atoms with Crippen molar-refractivity contribution >= 4 is 24.0 Å². The third-order valence-electron chi connectivity index (χ3n) is 4.96. The maximum Gasteiger partial charge on any atom is 0.258 e. The Balaban J connectivity index is 1.51. The summed E-state index contributed by atoms with van der Waals surface area (Å²) >= 11 is 0. The Morgan fingerprint density at radius 3 is 3.00 bits per heavy atom. The number of hydrogen-bond donors (Lipinski definition) is 2. The lowest BCUT2D eigenvalue weighted by molar-refractivity contribution is 0.0173. The van der Waals surface area contributed by atoms with E-state index in [1.807, 2.05) is 13.0 Å². The Morgan fingerprint density at radius 1 is 1.34 bits per heavy atom. The smallest absolute Gasteiger partial charge is 0.258 e. The molecule has 2 aromatic heterocycles. The van der Waals surface area contributed by atoms with Crippen LogP contribution in [0.4, 0.5) is 10.1 Å². The van der Waals surface area contributed by atoms with E-state index in [-0.39, 0.29) is 5.91 Å². The Labute approximate surface area is 184 Å². The summed E-state index contributed by atoms with van der Waals surface area (Å²) < 4.78 is 20.6. The lowest BCUT2D eigenvalue weighted by Gasteiger charge is -2.24. The largest absolute Gasteiger partial charge is 0.354 e. The van der Waals surface area contributed by atoms with Crippen LogP contribution in [0.5, 0.6) is 0 Å². The van der Waals surface area contributed by atoms with Crippen LogP contribution in [0.15, 0.2) is 53.9 Å². The molecule has 1 aliphatic heterocycles. The molecule has 3 aromatic rings. The molecule has 1 amide bonds. The number of ether oxygens (including phenoxy) is 1. The van der Waals surface area contributed by atoms with E-state index in [0.29, 0.717) is 42.3 Å². The number of halogens is 1. The van der Waals surface area contributed by atoms with Gasteiger partial charge in [-0.05, 0) is 37.3 Å². The van der Waals surface area contributed by atoms with Crippen LogP contribution in [-0.4, -0.2) is 57.4 Å². The first-order valence-electron chi connectivity index (χ1n) is 10.0. The highest BCUT2D eigenvalue weighted by molar-refractivity contribution is 6.14. The van der Waals surface area contributed by atoms with Crippen LogP contribution in [0.3, 0.4) is 0 Å². The average Bonchev–Trinajstić information content (AvgIpc) is 3.45. The van der Waals surface area contributed by atoms with E-state index in [9.17, 15) is 9.18 Å². The third-order valence-corrected chi connectivity index (χ3v) is 4.96. The Hall–Kier alpha value is -3.92. The number of hydrogen-bond acceptors (Lipinski definition) is 7. The number of nitrogens with one attached hydrogen (secondary N) is 2. The molecule has 32 heavy (non-hydrogen) atoms. The Bertz CT molecular complexity index is 1140. The summed E-state index contributed by atoms with van der Waals surface area (Å²) in [5, 5.41) is 15.4. The third kappa shape index (κ3) is 4.70. The van der Waals surface area contributed by atoms with Gasteiger partial charge >= 0.3 is 0 Å². The number of pyridine rings is 1. The molecule has 0 spiro atoms. The van der Waals surface area contributed by atoms with Gasteiger partial charge in [0.2, 0.25) is 0 Å². The lowest BCUT2D eigenvalue weighted by atomic mass is 10.1. The number of aryl methyl sites for hydroxylation is 1. The predicted molar refractivity (Wildman–Crippen MR) is 118 cm³/mol. The first-order valence-corrected chi connectivity index (χ1v) is 10.0. The highest BCUT2D eigenvalue weighted by Crippen LogP contribution is 2.24. The molecule has 1 atom stereocenters. The lowest BCUT2D eigenvalue weighted by Crippen LogP contribution is -2.39. The maximum absolute atomic E-state index is 13.3. The highest BCUT2D eigenvalue weighted by atomic mass is 19.1. The minimum Gasteiger partial charge on any atom is -0.354 e. The summed E-state index contributed by atoms with van der Waals surface area (Å²) in [5.41, 5.74) is 5.94. The van der Waals surface area contributed by atoms with Crippen molar-refractivity contribution in [3.05, 3.63) is 65.7 Å². The van der Waals surface area contributed by atoms with E-state index < -0.39 is 12.0 Å². The fraction of sp³-hybridized carbons (Fsp3) is 0.227. The minimum atomic E-state index is -0.491. The zero-order valence-corrected chi connectivity index (χ0v) is 17.4. The number of carbonyl (C=O) groups excluding carboxylic acids is 1. The molecule has 3 heterocycles. The highest BCUT2D eigenvalue weighted by Gasteiger charge is 2.32. The molecule has 1 aliphatic rings. The maximum atomic E-state index is 13.3.